The number of azide groups is 1. The zero-order chi connectivity index (χ0) is 13.6. The van der Waals surface area contributed by atoms with Crippen LogP contribution in [0.2, 0.25) is 0 Å². The van der Waals surface area contributed by atoms with Crippen LogP contribution in [0, 0.1) is 17.3 Å². The Kier molecular flexibility index (Phi) is 2.62. The Balaban J connectivity index is 1.95. The summed E-state index contributed by atoms with van der Waals surface area (Å²) in [6.07, 6.45) is 8.97. The molecule has 1 spiro atoms. The lowest BCUT2D eigenvalue weighted by atomic mass is 9.58. The Labute approximate surface area is 120 Å². The maximum absolute atomic E-state index is 9.28. The van der Waals surface area contributed by atoms with Gasteiger partial charge in [-0.25, -0.2) is 0 Å². The highest BCUT2D eigenvalue weighted by Crippen LogP contribution is 2.72. The second-order valence-electron chi connectivity index (χ2n) is 6.89. The monoisotopic (exact) mass is 267 g/mol. The molecule has 3 saturated carbocycles. The maximum atomic E-state index is 9.28. The molecule has 0 N–H and O–H groups in total. The molecule has 1 aromatic rings. The summed E-state index contributed by atoms with van der Waals surface area (Å²) in [4.78, 5) is 3.33. The lowest BCUT2D eigenvalue weighted by Crippen LogP contribution is -2.47. The molecule has 0 amide bonds. The molecule has 0 aromatic heterocycles. The smallest absolute Gasteiger partial charge is 0.0817 e. The lowest BCUT2D eigenvalue weighted by molar-refractivity contribution is 0.0517. The number of nitrogens with zero attached hydrogens (tertiary/aromatic N) is 3. The molecule has 3 heteroatoms. The maximum Gasteiger partial charge on any atom is 0.0824 e. The molecule has 0 aliphatic heterocycles. The minimum Gasteiger partial charge on any atom is -0.0817 e. The average molecular weight is 267 g/mol. The van der Waals surface area contributed by atoms with E-state index >= 15 is 0 Å². The van der Waals surface area contributed by atoms with Crippen LogP contribution in [0.4, 0.5) is 0 Å². The highest BCUT2D eigenvalue weighted by Gasteiger charge is 2.67. The highest BCUT2D eigenvalue weighted by molar-refractivity contribution is 5.35. The van der Waals surface area contributed by atoms with Crippen molar-refractivity contribution in [1.29, 1.82) is 0 Å². The van der Waals surface area contributed by atoms with Crippen molar-refractivity contribution >= 4 is 0 Å². The van der Waals surface area contributed by atoms with Crippen molar-refractivity contribution in [2.75, 3.05) is 0 Å². The second kappa shape index (κ2) is 4.26. The largest absolute Gasteiger partial charge is 0.0824 e. The third-order valence-electron chi connectivity index (χ3n) is 6.48. The van der Waals surface area contributed by atoms with E-state index in [1.54, 1.807) is 0 Å². The number of hydrogen-bond acceptors (Lipinski definition) is 1. The van der Waals surface area contributed by atoms with Gasteiger partial charge in [-0.15, -0.1) is 0 Å². The van der Waals surface area contributed by atoms with Gasteiger partial charge in [0.15, 0.2) is 0 Å². The molecule has 3 aliphatic rings. The van der Waals surface area contributed by atoms with Gasteiger partial charge < -0.3 is 0 Å². The normalized spacial score (nSPS) is 37.2. The number of hydrogen-bond donors (Lipinski definition) is 0. The minimum atomic E-state index is -0.261. The van der Waals surface area contributed by atoms with Crippen molar-refractivity contribution in [3.05, 3.63) is 46.3 Å². The Bertz CT molecular complexity index is 555. The summed E-state index contributed by atoms with van der Waals surface area (Å²) in [5.41, 5.74) is 10.5. The van der Waals surface area contributed by atoms with Crippen LogP contribution in [0.25, 0.3) is 10.4 Å². The van der Waals surface area contributed by atoms with Gasteiger partial charge in [-0.05, 0) is 60.4 Å². The molecular formula is C17H21N3. The molecule has 1 aromatic carbocycles. The van der Waals surface area contributed by atoms with Crippen molar-refractivity contribution in [2.45, 2.75) is 50.5 Å². The Morgan fingerprint density at radius 2 is 1.75 bits per heavy atom. The van der Waals surface area contributed by atoms with E-state index in [1.165, 1.54) is 50.5 Å². The summed E-state index contributed by atoms with van der Waals surface area (Å²) in [6.45, 7) is 0. The first-order valence-corrected chi connectivity index (χ1v) is 7.95. The predicted molar refractivity (Wildman–Crippen MR) is 79.0 cm³/mol. The van der Waals surface area contributed by atoms with E-state index in [1.807, 2.05) is 0 Å². The fourth-order valence-corrected chi connectivity index (χ4v) is 5.90. The van der Waals surface area contributed by atoms with Crippen LogP contribution in [0.15, 0.2) is 35.4 Å². The molecule has 3 nitrogen and oxygen atoms in total. The number of benzene rings is 1. The first kappa shape index (κ1) is 12.3. The quantitative estimate of drug-likeness (QED) is 0.402. The zero-order valence-electron chi connectivity index (χ0n) is 11.8. The van der Waals surface area contributed by atoms with E-state index in [-0.39, 0.29) is 11.0 Å². The fourth-order valence-electron chi connectivity index (χ4n) is 5.90. The molecule has 0 heterocycles. The first-order chi connectivity index (χ1) is 9.83. The third-order valence-corrected chi connectivity index (χ3v) is 6.48. The molecule has 3 aliphatic carbocycles. The summed E-state index contributed by atoms with van der Waals surface area (Å²) in [7, 11) is 0. The van der Waals surface area contributed by atoms with Crippen LogP contribution in [0.3, 0.4) is 0 Å². The average Bonchev–Trinajstić information content (AvgIpc) is 3.19. The van der Waals surface area contributed by atoms with Crippen LogP contribution >= 0.6 is 0 Å². The molecule has 0 saturated heterocycles. The lowest BCUT2D eigenvalue weighted by Gasteiger charge is -2.49. The van der Waals surface area contributed by atoms with Gasteiger partial charge in [0.2, 0.25) is 0 Å². The van der Waals surface area contributed by atoms with Gasteiger partial charge in [0.25, 0.3) is 0 Å². The first-order valence-electron chi connectivity index (χ1n) is 7.95. The topological polar surface area (TPSA) is 48.8 Å². The number of fused-ring (bicyclic) bond motifs is 3. The van der Waals surface area contributed by atoms with Crippen LogP contribution in [0.1, 0.15) is 50.5 Å². The molecule has 104 valence electrons. The predicted octanol–water partition coefficient (Wildman–Crippen LogP) is 5.18. The molecule has 3 fully saturated rings. The summed E-state index contributed by atoms with van der Waals surface area (Å²) >= 11 is 0. The van der Waals surface area contributed by atoms with Crippen LogP contribution < -0.4 is 0 Å². The molecule has 20 heavy (non-hydrogen) atoms. The van der Waals surface area contributed by atoms with Gasteiger partial charge in [0.1, 0.15) is 0 Å². The van der Waals surface area contributed by atoms with Gasteiger partial charge in [0, 0.05) is 4.91 Å². The van der Waals surface area contributed by atoms with Gasteiger partial charge in [-0.1, -0.05) is 48.3 Å². The summed E-state index contributed by atoms with van der Waals surface area (Å²) < 4.78 is 0. The fraction of sp³-hybridized carbons (Fsp3) is 0.647. The molecule has 3 unspecified atom stereocenters. The highest BCUT2D eigenvalue weighted by atomic mass is 15.2. The van der Waals surface area contributed by atoms with Gasteiger partial charge in [-0.3, -0.25) is 0 Å². The van der Waals surface area contributed by atoms with Crippen molar-refractivity contribution in [3.8, 4) is 0 Å². The van der Waals surface area contributed by atoms with Crippen molar-refractivity contribution in [3.63, 3.8) is 0 Å². The molecule has 4 rings (SSSR count). The SMILES string of the molecule is [N-]=[N+]=NC1(c2ccccc2)C2CCC(C2)C12CCCC2. The zero-order valence-corrected chi connectivity index (χ0v) is 11.8. The Morgan fingerprint density at radius 1 is 1.05 bits per heavy atom. The Morgan fingerprint density at radius 3 is 2.45 bits per heavy atom. The molecule has 2 bridgehead atoms. The van der Waals surface area contributed by atoms with E-state index in [9.17, 15) is 5.53 Å². The van der Waals surface area contributed by atoms with E-state index in [0.717, 1.165) is 5.92 Å². The second-order valence-corrected chi connectivity index (χ2v) is 6.89. The van der Waals surface area contributed by atoms with Crippen molar-refractivity contribution in [1.82, 2.24) is 0 Å². The van der Waals surface area contributed by atoms with Gasteiger partial charge in [0.05, 0.1) is 5.54 Å². The van der Waals surface area contributed by atoms with E-state index in [2.05, 4.69) is 40.4 Å². The third kappa shape index (κ3) is 1.29. The van der Waals surface area contributed by atoms with Gasteiger partial charge in [-0.2, -0.15) is 0 Å². The minimum absolute atomic E-state index is 0.253. The van der Waals surface area contributed by atoms with Crippen molar-refractivity contribution < 1.29 is 0 Å². The molecule has 0 radical (unpaired) electrons. The van der Waals surface area contributed by atoms with Crippen LogP contribution in [-0.2, 0) is 5.54 Å². The number of rotatable bonds is 2. The van der Waals surface area contributed by atoms with Crippen LogP contribution in [-0.4, -0.2) is 0 Å². The standard InChI is InChI=1S/C17H21N3/c18-20-19-17(13-6-2-1-3-7-13)15-9-8-14(12-15)16(17)10-4-5-11-16/h1-3,6-7,14-15H,4-5,8-12H2. The Hall–Kier alpha value is -1.47. The van der Waals surface area contributed by atoms with Crippen molar-refractivity contribution in [2.24, 2.45) is 22.4 Å². The summed E-state index contributed by atoms with van der Waals surface area (Å²) in [5, 5.41) is 4.52. The van der Waals surface area contributed by atoms with E-state index < -0.39 is 0 Å². The van der Waals surface area contributed by atoms with E-state index in [4.69, 9.17) is 0 Å². The van der Waals surface area contributed by atoms with Crippen LogP contribution in [0.5, 0.6) is 0 Å². The van der Waals surface area contributed by atoms with Gasteiger partial charge >= 0.3 is 0 Å². The summed E-state index contributed by atoms with van der Waals surface area (Å²) in [6, 6.07) is 10.6. The van der Waals surface area contributed by atoms with E-state index in [0.29, 0.717) is 5.92 Å². The molecule has 3 atom stereocenters. The summed E-state index contributed by atoms with van der Waals surface area (Å²) in [5.74, 6) is 1.34. The molecular weight excluding hydrogens is 246 g/mol.